The topological polar surface area (TPSA) is 58.6 Å². The van der Waals surface area contributed by atoms with Gasteiger partial charge >= 0.3 is 6.03 Å². The molecule has 3 aromatic carbocycles. The van der Waals surface area contributed by atoms with E-state index < -0.39 is 23.3 Å². The van der Waals surface area contributed by atoms with Gasteiger partial charge in [0.15, 0.2) is 17.1 Å². The number of hydrogen-bond donors (Lipinski definition) is 1. The van der Waals surface area contributed by atoms with E-state index >= 15 is 0 Å². The Kier molecular flexibility index (Phi) is 4.99. The molecule has 6 heteroatoms. The Hall–Kier alpha value is -3.67. The second-order valence-corrected chi connectivity index (χ2v) is 6.65. The maximum atomic E-state index is 13.7. The number of carbonyl (C=O) groups excluding carboxylic acids is 2. The molecule has 1 N–H and O–H groups in total. The molecule has 1 heterocycles. The van der Waals surface area contributed by atoms with Gasteiger partial charge in [0.25, 0.3) is 5.91 Å². The fraction of sp³-hybridized carbons (Fsp3) is 0.130. The minimum atomic E-state index is -1.31. The molecule has 3 amide bonds. The maximum Gasteiger partial charge on any atom is 0.325 e. The summed E-state index contributed by atoms with van der Waals surface area (Å²) in [6.45, 7) is -0.0137. The highest BCUT2D eigenvalue weighted by atomic mass is 19.1. The summed E-state index contributed by atoms with van der Waals surface area (Å²) in [6, 6.07) is 23.7. The molecule has 1 aliphatic rings. The number of nitrogens with one attached hydrogen (secondary N) is 1. The highest BCUT2D eigenvalue weighted by Crippen LogP contribution is 2.35. The van der Waals surface area contributed by atoms with E-state index in [1.807, 2.05) is 60.7 Å². The van der Waals surface area contributed by atoms with Crippen LogP contribution in [0.3, 0.4) is 0 Å². The highest BCUT2D eigenvalue weighted by Gasteiger charge is 2.53. The fourth-order valence-corrected chi connectivity index (χ4v) is 3.52. The molecule has 0 atom stereocenters. The van der Waals surface area contributed by atoms with Crippen LogP contribution in [-0.4, -0.2) is 30.0 Å². The number of ether oxygens (including phenoxy) is 1. The second-order valence-electron chi connectivity index (χ2n) is 6.65. The van der Waals surface area contributed by atoms with Crippen LogP contribution in [0, 0.1) is 5.82 Å². The number of hydrogen-bond acceptors (Lipinski definition) is 3. The lowest BCUT2D eigenvalue weighted by atomic mass is 9.82. The zero-order valence-corrected chi connectivity index (χ0v) is 15.5. The zero-order valence-electron chi connectivity index (χ0n) is 15.5. The maximum absolute atomic E-state index is 13.7. The van der Waals surface area contributed by atoms with Crippen molar-refractivity contribution in [2.75, 3.05) is 13.2 Å². The van der Waals surface area contributed by atoms with Gasteiger partial charge in [-0.3, -0.25) is 9.69 Å². The third-order valence-electron chi connectivity index (χ3n) is 4.93. The van der Waals surface area contributed by atoms with Gasteiger partial charge < -0.3 is 10.1 Å². The average Bonchev–Trinajstić information content (AvgIpc) is 3.02. The summed E-state index contributed by atoms with van der Waals surface area (Å²) in [5, 5.41) is 2.87. The molecule has 0 aromatic heterocycles. The second kappa shape index (κ2) is 7.75. The van der Waals surface area contributed by atoms with Crippen LogP contribution in [0.25, 0.3) is 0 Å². The number of urea groups is 1. The molecular formula is C23H19FN2O3. The van der Waals surface area contributed by atoms with E-state index in [1.165, 1.54) is 12.1 Å². The van der Waals surface area contributed by atoms with Crippen LogP contribution in [0.2, 0.25) is 0 Å². The normalized spacial score (nSPS) is 15.3. The first-order chi connectivity index (χ1) is 14.1. The van der Waals surface area contributed by atoms with Gasteiger partial charge in [-0.2, -0.15) is 0 Å². The van der Waals surface area contributed by atoms with Crippen LogP contribution < -0.4 is 10.1 Å². The number of carbonyl (C=O) groups is 2. The van der Waals surface area contributed by atoms with E-state index in [0.29, 0.717) is 11.1 Å². The fourth-order valence-electron chi connectivity index (χ4n) is 3.52. The molecule has 4 rings (SSSR count). The van der Waals surface area contributed by atoms with Gasteiger partial charge in [-0.15, -0.1) is 0 Å². The molecule has 1 fully saturated rings. The summed E-state index contributed by atoms with van der Waals surface area (Å²) < 4.78 is 19.2. The van der Waals surface area contributed by atoms with Crippen LogP contribution in [0.15, 0.2) is 84.9 Å². The smallest absolute Gasteiger partial charge is 0.325 e. The van der Waals surface area contributed by atoms with E-state index in [1.54, 1.807) is 12.1 Å². The molecule has 29 heavy (non-hydrogen) atoms. The van der Waals surface area contributed by atoms with E-state index in [2.05, 4.69) is 5.32 Å². The van der Waals surface area contributed by atoms with E-state index in [9.17, 15) is 14.0 Å². The van der Waals surface area contributed by atoms with Crippen molar-refractivity contribution in [2.24, 2.45) is 0 Å². The van der Waals surface area contributed by atoms with Crippen molar-refractivity contribution >= 4 is 11.9 Å². The summed E-state index contributed by atoms with van der Waals surface area (Å²) in [6.07, 6.45) is 0. The quantitative estimate of drug-likeness (QED) is 0.653. The molecule has 0 radical (unpaired) electrons. The first-order valence-electron chi connectivity index (χ1n) is 9.25. The molecule has 3 aromatic rings. The monoisotopic (exact) mass is 390 g/mol. The Bertz CT molecular complexity index is 985. The lowest BCUT2D eigenvalue weighted by molar-refractivity contribution is -0.130. The minimum Gasteiger partial charge on any atom is -0.489 e. The molecule has 146 valence electrons. The Morgan fingerprint density at radius 2 is 1.38 bits per heavy atom. The Morgan fingerprint density at radius 1 is 0.828 bits per heavy atom. The number of nitrogens with zero attached hydrogens (tertiary/aromatic N) is 1. The lowest BCUT2D eigenvalue weighted by Gasteiger charge is -2.28. The highest BCUT2D eigenvalue weighted by molar-refractivity contribution is 6.09. The molecular weight excluding hydrogens is 371 g/mol. The van der Waals surface area contributed by atoms with Gasteiger partial charge in [-0.25, -0.2) is 9.18 Å². The number of imide groups is 1. The van der Waals surface area contributed by atoms with Crippen LogP contribution in [0.4, 0.5) is 9.18 Å². The van der Waals surface area contributed by atoms with Crippen LogP contribution >= 0.6 is 0 Å². The standard InChI is InChI=1S/C23H19FN2O3/c24-19-13-7-8-14-20(19)29-16-15-26-21(27)23(25-22(26)28,17-9-3-1-4-10-17)18-11-5-2-6-12-18/h1-14H,15-16H2,(H,25,28). The molecule has 0 spiro atoms. The lowest BCUT2D eigenvalue weighted by Crippen LogP contribution is -2.45. The Morgan fingerprint density at radius 3 is 1.97 bits per heavy atom. The summed E-state index contributed by atoms with van der Waals surface area (Å²) >= 11 is 0. The van der Waals surface area contributed by atoms with Crippen LogP contribution in [-0.2, 0) is 10.3 Å². The number of para-hydroxylation sites is 1. The predicted molar refractivity (Wildman–Crippen MR) is 106 cm³/mol. The average molecular weight is 390 g/mol. The van der Waals surface area contributed by atoms with Crippen molar-refractivity contribution in [1.29, 1.82) is 0 Å². The minimum absolute atomic E-state index is 0.000415. The molecule has 0 bridgehead atoms. The van der Waals surface area contributed by atoms with Crippen molar-refractivity contribution in [3.8, 4) is 5.75 Å². The van der Waals surface area contributed by atoms with E-state index in [0.717, 1.165) is 4.90 Å². The third-order valence-corrected chi connectivity index (χ3v) is 4.93. The number of benzene rings is 3. The molecule has 0 unspecified atom stereocenters. The van der Waals surface area contributed by atoms with Crippen molar-refractivity contribution in [2.45, 2.75) is 5.54 Å². The summed E-state index contributed by atoms with van der Waals surface area (Å²) in [7, 11) is 0. The first-order valence-corrected chi connectivity index (χ1v) is 9.25. The SMILES string of the molecule is O=C1NC(c2ccccc2)(c2ccccc2)C(=O)N1CCOc1ccccc1F. The molecule has 0 saturated carbocycles. The van der Waals surface area contributed by atoms with Gasteiger partial charge in [-0.05, 0) is 23.3 Å². The predicted octanol–water partition coefficient (Wildman–Crippen LogP) is 3.70. The van der Waals surface area contributed by atoms with Gasteiger partial charge in [0, 0.05) is 0 Å². The van der Waals surface area contributed by atoms with Crippen LogP contribution in [0.5, 0.6) is 5.75 Å². The van der Waals surface area contributed by atoms with Gasteiger partial charge in [0.1, 0.15) is 6.61 Å². The van der Waals surface area contributed by atoms with Crippen molar-refractivity contribution in [1.82, 2.24) is 10.2 Å². The van der Waals surface area contributed by atoms with Crippen molar-refractivity contribution in [3.63, 3.8) is 0 Å². The van der Waals surface area contributed by atoms with Gasteiger partial charge in [-0.1, -0.05) is 72.8 Å². The Labute approximate surface area is 167 Å². The van der Waals surface area contributed by atoms with Crippen LogP contribution in [0.1, 0.15) is 11.1 Å². The van der Waals surface area contributed by atoms with Gasteiger partial charge in [0.05, 0.1) is 6.54 Å². The molecule has 5 nitrogen and oxygen atoms in total. The first kappa shape index (κ1) is 18.7. The number of rotatable bonds is 6. The van der Waals surface area contributed by atoms with E-state index in [-0.39, 0.29) is 18.9 Å². The van der Waals surface area contributed by atoms with Gasteiger partial charge in [0.2, 0.25) is 0 Å². The summed E-state index contributed by atoms with van der Waals surface area (Å²) in [5.74, 6) is -0.804. The largest absolute Gasteiger partial charge is 0.489 e. The molecule has 0 aliphatic carbocycles. The summed E-state index contributed by atoms with van der Waals surface area (Å²) in [4.78, 5) is 27.3. The van der Waals surface area contributed by atoms with E-state index in [4.69, 9.17) is 4.74 Å². The summed E-state index contributed by atoms with van der Waals surface area (Å²) in [5.41, 5.74) is 0.0292. The zero-order chi connectivity index (χ0) is 20.3. The Balaban J connectivity index is 1.61. The molecule has 1 aliphatic heterocycles. The van der Waals surface area contributed by atoms with Crippen molar-refractivity contribution in [3.05, 3.63) is 102 Å². The molecule has 1 saturated heterocycles. The van der Waals surface area contributed by atoms with Crippen molar-refractivity contribution < 1.29 is 18.7 Å². The number of halogens is 1. The third kappa shape index (κ3) is 3.33. The number of amides is 3.